The lowest BCUT2D eigenvalue weighted by Gasteiger charge is -2.36. The Bertz CT molecular complexity index is 841. The molecule has 7 nitrogen and oxygen atoms in total. The standard InChI is InChI=1S/C21H32N6O/c1-16-13-22-15-19(24-16)23-14-17-7-5-6-10-26(17)11-12-27-20(28)9-8-18(25-27)21(2,3)4/h8-9,13,15,17H,5-7,10-12,14H2,1-4H3,(H,23,24). The highest BCUT2D eigenvalue weighted by Gasteiger charge is 2.23. The Morgan fingerprint density at radius 3 is 2.75 bits per heavy atom. The minimum Gasteiger partial charge on any atom is -0.367 e. The summed E-state index contributed by atoms with van der Waals surface area (Å²) in [6.07, 6.45) is 7.11. The molecule has 1 atom stereocenters. The van der Waals surface area contributed by atoms with E-state index in [1.807, 2.05) is 13.0 Å². The van der Waals surface area contributed by atoms with Crippen LogP contribution in [0.2, 0.25) is 0 Å². The minimum atomic E-state index is -0.0676. The van der Waals surface area contributed by atoms with Gasteiger partial charge in [0.2, 0.25) is 0 Å². The van der Waals surface area contributed by atoms with E-state index >= 15 is 0 Å². The Kier molecular flexibility index (Phi) is 6.44. The lowest BCUT2D eigenvalue weighted by molar-refractivity contribution is 0.147. The van der Waals surface area contributed by atoms with Crippen LogP contribution in [0.1, 0.15) is 51.4 Å². The van der Waals surface area contributed by atoms with Crippen LogP contribution >= 0.6 is 0 Å². The molecule has 2 aromatic rings. The van der Waals surface area contributed by atoms with Crippen LogP contribution in [0.5, 0.6) is 0 Å². The van der Waals surface area contributed by atoms with Gasteiger partial charge >= 0.3 is 0 Å². The number of likely N-dealkylation sites (tertiary alicyclic amines) is 1. The third-order valence-corrected chi connectivity index (χ3v) is 5.26. The molecule has 1 aliphatic rings. The number of aryl methyl sites for hydroxylation is 1. The van der Waals surface area contributed by atoms with E-state index in [4.69, 9.17) is 0 Å². The maximum Gasteiger partial charge on any atom is 0.266 e. The van der Waals surface area contributed by atoms with Gasteiger partial charge in [0, 0.05) is 36.8 Å². The smallest absolute Gasteiger partial charge is 0.266 e. The van der Waals surface area contributed by atoms with E-state index in [2.05, 4.69) is 46.1 Å². The van der Waals surface area contributed by atoms with Gasteiger partial charge in [-0.15, -0.1) is 0 Å². The number of hydrogen-bond acceptors (Lipinski definition) is 6. The molecule has 0 aliphatic carbocycles. The summed E-state index contributed by atoms with van der Waals surface area (Å²) in [5.41, 5.74) is 1.76. The summed E-state index contributed by atoms with van der Waals surface area (Å²) in [6, 6.07) is 3.91. The maximum absolute atomic E-state index is 12.2. The first-order chi connectivity index (χ1) is 13.3. The van der Waals surface area contributed by atoms with Crippen molar-refractivity contribution in [1.29, 1.82) is 0 Å². The quantitative estimate of drug-likeness (QED) is 0.825. The van der Waals surface area contributed by atoms with Gasteiger partial charge in [-0.05, 0) is 32.4 Å². The molecule has 28 heavy (non-hydrogen) atoms. The Balaban J connectivity index is 1.62. The molecule has 3 rings (SSSR count). The molecule has 0 radical (unpaired) electrons. The van der Waals surface area contributed by atoms with Crippen molar-refractivity contribution >= 4 is 5.82 Å². The molecule has 0 spiro atoms. The van der Waals surface area contributed by atoms with Crippen LogP contribution in [0.15, 0.2) is 29.3 Å². The molecular formula is C21H32N6O. The summed E-state index contributed by atoms with van der Waals surface area (Å²) >= 11 is 0. The molecule has 1 aliphatic heterocycles. The Morgan fingerprint density at radius 2 is 2.00 bits per heavy atom. The summed E-state index contributed by atoms with van der Waals surface area (Å²) in [4.78, 5) is 23.4. The second-order valence-corrected chi connectivity index (χ2v) is 8.64. The first-order valence-corrected chi connectivity index (χ1v) is 10.2. The fourth-order valence-electron chi connectivity index (χ4n) is 3.59. The van der Waals surface area contributed by atoms with Crippen molar-refractivity contribution in [2.45, 2.75) is 65.0 Å². The molecule has 0 aromatic carbocycles. The summed E-state index contributed by atoms with van der Waals surface area (Å²) in [6.45, 7) is 11.6. The van der Waals surface area contributed by atoms with E-state index in [9.17, 15) is 4.79 Å². The van der Waals surface area contributed by atoms with Gasteiger partial charge in [-0.2, -0.15) is 5.10 Å². The van der Waals surface area contributed by atoms with E-state index in [1.54, 1.807) is 23.1 Å². The largest absolute Gasteiger partial charge is 0.367 e. The first-order valence-electron chi connectivity index (χ1n) is 10.2. The summed E-state index contributed by atoms with van der Waals surface area (Å²) in [5.74, 6) is 0.821. The zero-order chi connectivity index (χ0) is 20.1. The van der Waals surface area contributed by atoms with Crippen LogP contribution in [0, 0.1) is 6.92 Å². The zero-order valence-electron chi connectivity index (χ0n) is 17.5. The molecule has 1 fully saturated rings. The van der Waals surface area contributed by atoms with E-state index < -0.39 is 0 Å². The molecule has 1 N–H and O–H groups in total. The fraction of sp³-hybridized carbons (Fsp3) is 0.619. The predicted molar refractivity (Wildman–Crippen MR) is 112 cm³/mol. The molecule has 152 valence electrons. The van der Waals surface area contributed by atoms with Gasteiger partial charge in [0.15, 0.2) is 0 Å². The molecule has 0 amide bonds. The lowest BCUT2D eigenvalue weighted by Crippen LogP contribution is -2.45. The third-order valence-electron chi connectivity index (χ3n) is 5.26. The van der Waals surface area contributed by atoms with Gasteiger partial charge in [0.05, 0.1) is 24.1 Å². The van der Waals surface area contributed by atoms with Crippen molar-refractivity contribution < 1.29 is 0 Å². The van der Waals surface area contributed by atoms with Crippen LogP contribution in [0.25, 0.3) is 0 Å². The summed E-state index contributed by atoms with van der Waals surface area (Å²) < 4.78 is 1.62. The summed E-state index contributed by atoms with van der Waals surface area (Å²) in [5, 5.41) is 8.02. The van der Waals surface area contributed by atoms with Crippen molar-refractivity contribution in [3.63, 3.8) is 0 Å². The number of piperidine rings is 1. The number of nitrogens with zero attached hydrogens (tertiary/aromatic N) is 5. The van der Waals surface area contributed by atoms with Crippen molar-refractivity contribution in [3.8, 4) is 0 Å². The monoisotopic (exact) mass is 384 g/mol. The van der Waals surface area contributed by atoms with Crippen LogP contribution in [0.3, 0.4) is 0 Å². The van der Waals surface area contributed by atoms with Crippen LogP contribution in [-0.4, -0.2) is 50.3 Å². The van der Waals surface area contributed by atoms with Gasteiger partial charge in [-0.3, -0.25) is 14.7 Å². The Labute approximate surface area is 167 Å². The van der Waals surface area contributed by atoms with Crippen molar-refractivity contribution in [1.82, 2.24) is 24.6 Å². The topological polar surface area (TPSA) is 75.9 Å². The van der Waals surface area contributed by atoms with E-state index in [0.717, 1.165) is 43.3 Å². The van der Waals surface area contributed by atoms with E-state index in [1.165, 1.54) is 12.8 Å². The zero-order valence-corrected chi connectivity index (χ0v) is 17.5. The Hall–Kier alpha value is -2.28. The molecule has 1 unspecified atom stereocenters. The first kappa shape index (κ1) is 20.5. The third kappa shape index (κ3) is 5.38. The highest BCUT2D eigenvalue weighted by molar-refractivity contribution is 5.31. The normalized spacial score (nSPS) is 18.2. The van der Waals surface area contributed by atoms with E-state index in [-0.39, 0.29) is 11.0 Å². The Morgan fingerprint density at radius 1 is 1.18 bits per heavy atom. The average Bonchev–Trinajstić information content (AvgIpc) is 2.65. The number of hydrogen-bond donors (Lipinski definition) is 1. The summed E-state index contributed by atoms with van der Waals surface area (Å²) in [7, 11) is 0. The van der Waals surface area contributed by atoms with Crippen molar-refractivity contribution in [3.05, 3.63) is 46.3 Å². The minimum absolute atomic E-state index is 0.0327. The molecule has 7 heteroatoms. The van der Waals surface area contributed by atoms with Gasteiger partial charge in [-0.25, -0.2) is 9.67 Å². The SMILES string of the molecule is Cc1cncc(NCC2CCCCN2CCn2nc(C(C)(C)C)ccc2=O)n1. The highest BCUT2D eigenvalue weighted by Crippen LogP contribution is 2.19. The second kappa shape index (κ2) is 8.82. The number of aromatic nitrogens is 4. The van der Waals surface area contributed by atoms with Gasteiger partial charge in [0.1, 0.15) is 5.82 Å². The van der Waals surface area contributed by atoms with Crippen molar-refractivity contribution in [2.75, 3.05) is 25.0 Å². The fourth-order valence-corrected chi connectivity index (χ4v) is 3.59. The lowest BCUT2D eigenvalue weighted by atomic mass is 9.92. The molecule has 0 saturated carbocycles. The molecule has 3 heterocycles. The molecule has 2 aromatic heterocycles. The number of nitrogens with one attached hydrogen (secondary N) is 1. The second-order valence-electron chi connectivity index (χ2n) is 8.64. The number of rotatable bonds is 6. The number of anilines is 1. The molecular weight excluding hydrogens is 352 g/mol. The van der Waals surface area contributed by atoms with E-state index in [0.29, 0.717) is 12.6 Å². The van der Waals surface area contributed by atoms with Crippen molar-refractivity contribution in [2.24, 2.45) is 0 Å². The highest BCUT2D eigenvalue weighted by atomic mass is 16.1. The predicted octanol–water partition coefficient (Wildman–Crippen LogP) is 2.61. The maximum atomic E-state index is 12.2. The molecule has 0 bridgehead atoms. The van der Waals surface area contributed by atoms with Crippen LogP contribution < -0.4 is 10.9 Å². The van der Waals surface area contributed by atoms with Crippen LogP contribution in [-0.2, 0) is 12.0 Å². The molecule has 1 saturated heterocycles. The average molecular weight is 385 g/mol. The van der Waals surface area contributed by atoms with Crippen LogP contribution in [0.4, 0.5) is 5.82 Å². The van der Waals surface area contributed by atoms with Gasteiger partial charge < -0.3 is 5.32 Å². The van der Waals surface area contributed by atoms with Gasteiger partial charge in [-0.1, -0.05) is 27.2 Å². The van der Waals surface area contributed by atoms with Gasteiger partial charge in [0.25, 0.3) is 5.56 Å².